The summed E-state index contributed by atoms with van der Waals surface area (Å²) < 4.78 is 5.68. The van der Waals surface area contributed by atoms with Crippen molar-refractivity contribution in [2.75, 3.05) is 0 Å². The van der Waals surface area contributed by atoms with Crippen molar-refractivity contribution in [3.8, 4) is 11.3 Å². The Morgan fingerprint density at radius 3 is 2.67 bits per heavy atom. The number of aryl methyl sites for hydroxylation is 1. The highest BCUT2D eigenvalue weighted by Crippen LogP contribution is 2.26. The fourth-order valence-corrected chi connectivity index (χ4v) is 1.88. The smallest absolute Gasteiger partial charge is 0.272 e. The van der Waals surface area contributed by atoms with Crippen LogP contribution in [0.2, 0.25) is 0 Å². The molecular weight excluding hydrogens is 270 g/mol. The predicted molar refractivity (Wildman–Crippen MR) is 79.9 cm³/mol. The third-order valence-corrected chi connectivity index (χ3v) is 3.00. The van der Waals surface area contributed by atoms with Crippen LogP contribution in [0, 0.1) is 17.0 Å². The van der Waals surface area contributed by atoms with Crippen LogP contribution in [-0.4, -0.2) is 15.4 Å². The van der Waals surface area contributed by atoms with Gasteiger partial charge in [-0.25, -0.2) is 4.98 Å². The van der Waals surface area contributed by atoms with Gasteiger partial charge in [0.2, 0.25) is 5.89 Å². The number of benzene rings is 1. The first-order chi connectivity index (χ1) is 9.76. The van der Waals surface area contributed by atoms with E-state index < -0.39 is 4.92 Å². The standard InChI is InChI=1S/C15H19N3O3/c1-10-7-11(5-6-12(10)18(19)20)13-8-16-14(21-13)9-17-15(2,3)4/h5-8,17H,9H2,1-4H3. The molecule has 21 heavy (non-hydrogen) atoms. The summed E-state index contributed by atoms with van der Waals surface area (Å²) in [6.07, 6.45) is 1.64. The number of nitrogens with one attached hydrogen (secondary N) is 1. The van der Waals surface area contributed by atoms with Gasteiger partial charge in [-0.15, -0.1) is 0 Å². The molecule has 0 radical (unpaired) electrons. The Balaban J connectivity index is 2.18. The maximum Gasteiger partial charge on any atom is 0.272 e. The third-order valence-electron chi connectivity index (χ3n) is 3.00. The maximum absolute atomic E-state index is 10.8. The molecule has 0 spiro atoms. The molecule has 0 unspecified atom stereocenters. The molecular formula is C15H19N3O3. The molecule has 0 saturated heterocycles. The van der Waals surface area contributed by atoms with Gasteiger partial charge in [0.1, 0.15) is 0 Å². The fraction of sp³-hybridized carbons (Fsp3) is 0.400. The van der Waals surface area contributed by atoms with Gasteiger partial charge < -0.3 is 9.73 Å². The minimum absolute atomic E-state index is 0.0153. The van der Waals surface area contributed by atoms with Crippen LogP contribution < -0.4 is 5.32 Å². The number of nitrogens with zero attached hydrogens (tertiary/aromatic N) is 2. The Labute approximate surface area is 123 Å². The number of nitro benzene ring substituents is 1. The quantitative estimate of drug-likeness (QED) is 0.688. The zero-order valence-electron chi connectivity index (χ0n) is 12.6. The molecule has 2 aromatic rings. The number of oxazole rings is 1. The molecule has 112 valence electrons. The molecule has 1 N–H and O–H groups in total. The maximum atomic E-state index is 10.8. The molecule has 6 heteroatoms. The number of hydrogen-bond donors (Lipinski definition) is 1. The molecule has 0 aliphatic heterocycles. The average Bonchev–Trinajstić information content (AvgIpc) is 2.83. The van der Waals surface area contributed by atoms with E-state index in [1.807, 2.05) is 0 Å². The Morgan fingerprint density at radius 1 is 1.38 bits per heavy atom. The van der Waals surface area contributed by atoms with E-state index in [-0.39, 0.29) is 11.2 Å². The van der Waals surface area contributed by atoms with E-state index in [9.17, 15) is 10.1 Å². The van der Waals surface area contributed by atoms with Crippen LogP contribution in [0.25, 0.3) is 11.3 Å². The second-order valence-electron chi connectivity index (χ2n) is 5.98. The first-order valence-electron chi connectivity index (χ1n) is 6.71. The normalized spacial score (nSPS) is 11.6. The summed E-state index contributed by atoms with van der Waals surface area (Å²) in [5.41, 5.74) is 1.47. The zero-order valence-corrected chi connectivity index (χ0v) is 12.6. The van der Waals surface area contributed by atoms with Crippen molar-refractivity contribution in [2.45, 2.75) is 39.8 Å². The van der Waals surface area contributed by atoms with E-state index in [0.717, 1.165) is 5.56 Å². The van der Waals surface area contributed by atoms with Crippen molar-refractivity contribution in [3.05, 3.63) is 46.0 Å². The van der Waals surface area contributed by atoms with E-state index in [1.54, 1.807) is 25.3 Å². The number of hydrogen-bond acceptors (Lipinski definition) is 5. The third kappa shape index (κ3) is 3.88. The fourth-order valence-electron chi connectivity index (χ4n) is 1.88. The second kappa shape index (κ2) is 5.65. The molecule has 0 saturated carbocycles. The van der Waals surface area contributed by atoms with Crippen molar-refractivity contribution < 1.29 is 9.34 Å². The lowest BCUT2D eigenvalue weighted by Crippen LogP contribution is -2.35. The first-order valence-corrected chi connectivity index (χ1v) is 6.71. The van der Waals surface area contributed by atoms with E-state index in [0.29, 0.717) is 23.8 Å². The highest BCUT2D eigenvalue weighted by atomic mass is 16.6. The van der Waals surface area contributed by atoms with Crippen LogP contribution in [0.15, 0.2) is 28.8 Å². The van der Waals surface area contributed by atoms with Gasteiger partial charge in [-0.2, -0.15) is 0 Å². The molecule has 0 aliphatic carbocycles. The minimum atomic E-state index is -0.391. The SMILES string of the molecule is Cc1cc(-c2cnc(CNC(C)(C)C)o2)ccc1[N+](=O)[O-]. The van der Waals surface area contributed by atoms with Gasteiger partial charge in [-0.1, -0.05) is 0 Å². The zero-order chi connectivity index (χ0) is 15.6. The van der Waals surface area contributed by atoms with Crippen LogP contribution >= 0.6 is 0 Å². The first kappa shape index (κ1) is 15.2. The summed E-state index contributed by atoms with van der Waals surface area (Å²) in [4.78, 5) is 14.6. The molecule has 6 nitrogen and oxygen atoms in total. The number of nitro groups is 1. The van der Waals surface area contributed by atoms with Gasteiger partial charge in [0.05, 0.1) is 17.7 Å². The monoisotopic (exact) mass is 289 g/mol. The molecule has 0 amide bonds. The summed E-state index contributed by atoms with van der Waals surface area (Å²) in [6.45, 7) is 8.44. The minimum Gasteiger partial charge on any atom is -0.439 e. The van der Waals surface area contributed by atoms with E-state index >= 15 is 0 Å². The lowest BCUT2D eigenvalue weighted by atomic mass is 10.1. The Bertz CT molecular complexity index is 656. The van der Waals surface area contributed by atoms with Crippen molar-refractivity contribution >= 4 is 5.69 Å². The Morgan fingerprint density at radius 2 is 2.10 bits per heavy atom. The summed E-state index contributed by atoms with van der Waals surface area (Å²) in [5.74, 6) is 1.20. The highest BCUT2D eigenvalue weighted by Gasteiger charge is 2.14. The lowest BCUT2D eigenvalue weighted by molar-refractivity contribution is -0.385. The molecule has 1 heterocycles. The molecule has 0 aliphatic rings. The molecule has 0 atom stereocenters. The van der Waals surface area contributed by atoms with Gasteiger partial charge in [0.15, 0.2) is 5.76 Å². The van der Waals surface area contributed by atoms with Crippen molar-refractivity contribution in [1.29, 1.82) is 0 Å². The van der Waals surface area contributed by atoms with Crippen molar-refractivity contribution in [3.63, 3.8) is 0 Å². The van der Waals surface area contributed by atoms with Gasteiger partial charge in [-0.3, -0.25) is 10.1 Å². The highest BCUT2D eigenvalue weighted by molar-refractivity contribution is 5.61. The molecule has 0 bridgehead atoms. The summed E-state index contributed by atoms with van der Waals surface area (Å²) in [5, 5.41) is 14.1. The average molecular weight is 289 g/mol. The Kier molecular flexibility index (Phi) is 4.09. The number of rotatable bonds is 4. The molecule has 1 aromatic carbocycles. The largest absolute Gasteiger partial charge is 0.439 e. The van der Waals surface area contributed by atoms with Gasteiger partial charge in [0.25, 0.3) is 5.69 Å². The second-order valence-corrected chi connectivity index (χ2v) is 5.98. The van der Waals surface area contributed by atoms with Crippen LogP contribution in [0.1, 0.15) is 32.2 Å². The molecule has 1 aromatic heterocycles. The number of aromatic nitrogens is 1. The van der Waals surface area contributed by atoms with Gasteiger partial charge in [0, 0.05) is 22.7 Å². The predicted octanol–water partition coefficient (Wildman–Crippen LogP) is 3.45. The Hall–Kier alpha value is -2.21. The summed E-state index contributed by atoms with van der Waals surface area (Å²) in [7, 11) is 0. The van der Waals surface area contributed by atoms with Gasteiger partial charge >= 0.3 is 0 Å². The van der Waals surface area contributed by atoms with Crippen LogP contribution in [0.3, 0.4) is 0 Å². The summed E-state index contributed by atoms with van der Waals surface area (Å²) >= 11 is 0. The molecule has 0 fully saturated rings. The van der Waals surface area contributed by atoms with Gasteiger partial charge in [-0.05, 0) is 39.8 Å². The van der Waals surface area contributed by atoms with Crippen molar-refractivity contribution in [1.82, 2.24) is 10.3 Å². The van der Waals surface area contributed by atoms with E-state index in [1.165, 1.54) is 6.07 Å². The topological polar surface area (TPSA) is 81.2 Å². The van der Waals surface area contributed by atoms with Crippen molar-refractivity contribution in [2.24, 2.45) is 0 Å². The van der Waals surface area contributed by atoms with Crippen LogP contribution in [0.5, 0.6) is 0 Å². The molecule has 2 rings (SSSR count). The van der Waals surface area contributed by atoms with Crippen LogP contribution in [0.4, 0.5) is 5.69 Å². The van der Waals surface area contributed by atoms with E-state index in [4.69, 9.17) is 4.42 Å². The van der Waals surface area contributed by atoms with Crippen LogP contribution in [-0.2, 0) is 6.54 Å². The van der Waals surface area contributed by atoms with E-state index in [2.05, 4.69) is 31.1 Å². The summed E-state index contributed by atoms with van der Waals surface area (Å²) in [6, 6.07) is 4.90. The lowest BCUT2D eigenvalue weighted by Gasteiger charge is -2.18.